The van der Waals surface area contributed by atoms with Crippen molar-refractivity contribution >= 4 is 11.9 Å². The average Bonchev–Trinajstić information content (AvgIpc) is 2.93. The Bertz CT molecular complexity index is 752. The van der Waals surface area contributed by atoms with Crippen LogP contribution in [0.2, 0.25) is 0 Å². The molecular weight excluding hydrogens is 286 g/mol. The van der Waals surface area contributed by atoms with Crippen LogP contribution in [-0.4, -0.2) is 37.9 Å². The first-order valence-corrected chi connectivity index (χ1v) is 6.83. The predicted octanol–water partition coefficient (Wildman–Crippen LogP) is 1.23. The monoisotopic (exact) mass is 301 g/mol. The summed E-state index contributed by atoms with van der Waals surface area (Å²) >= 11 is 0. The Labute approximate surface area is 126 Å². The van der Waals surface area contributed by atoms with Crippen molar-refractivity contribution in [3.63, 3.8) is 0 Å². The van der Waals surface area contributed by atoms with E-state index in [-0.39, 0.29) is 12.4 Å². The van der Waals surface area contributed by atoms with Crippen molar-refractivity contribution in [3.8, 4) is 5.75 Å². The van der Waals surface area contributed by atoms with Crippen LogP contribution in [0.1, 0.15) is 25.5 Å². The zero-order valence-corrected chi connectivity index (χ0v) is 12.1. The van der Waals surface area contributed by atoms with E-state index in [1.165, 1.54) is 4.68 Å². The van der Waals surface area contributed by atoms with Crippen molar-refractivity contribution in [1.29, 1.82) is 0 Å². The molecule has 0 amide bonds. The molecule has 2 N–H and O–H groups in total. The molecule has 0 fully saturated rings. The normalized spacial score (nSPS) is 16.9. The number of esters is 1. The van der Waals surface area contributed by atoms with E-state index in [0.29, 0.717) is 22.8 Å². The van der Waals surface area contributed by atoms with Crippen LogP contribution >= 0.6 is 0 Å². The number of anilines is 1. The fraction of sp³-hybridized carbons (Fsp3) is 0.286. The number of rotatable bonds is 3. The molecule has 1 aromatic heterocycles. The highest BCUT2D eigenvalue weighted by molar-refractivity contribution is 5.92. The van der Waals surface area contributed by atoms with E-state index in [0.717, 1.165) is 0 Å². The number of carbonyl (C=O) groups is 1. The van der Waals surface area contributed by atoms with Gasteiger partial charge in [0.25, 0.3) is 0 Å². The highest BCUT2D eigenvalue weighted by Gasteiger charge is 2.34. The fourth-order valence-electron chi connectivity index (χ4n) is 2.49. The van der Waals surface area contributed by atoms with Gasteiger partial charge in [-0.15, -0.1) is 0 Å². The van der Waals surface area contributed by atoms with Gasteiger partial charge < -0.3 is 15.2 Å². The van der Waals surface area contributed by atoms with E-state index in [1.807, 2.05) is 0 Å². The van der Waals surface area contributed by atoms with Crippen LogP contribution in [0.4, 0.5) is 5.95 Å². The molecule has 0 spiro atoms. The number of phenols is 1. The number of fused-ring (bicyclic) bond motifs is 1. The molecule has 3 rings (SSSR count). The maximum atomic E-state index is 12.3. The van der Waals surface area contributed by atoms with Gasteiger partial charge >= 0.3 is 5.97 Å². The Morgan fingerprint density at radius 1 is 1.50 bits per heavy atom. The maximum Gasteiger partial charge on any atom is 0.338 e. The minimum atomic E-state index is -0.558. The zero-order chi connectivity index (χ0) is 15.7. The van der Waals surface area contributed by atoms with Crippen LogP contribution in [0.25, 0.3) is 0 Å². The molecule has 2 heterocycles. The van der Waals surface area contributed by atoms with E-state index in [9.17, 15) is 9.90 Å². The van der Waals surface area contributed by atoms with Crippen LogP contribution in [0.3, 0.4) is 0 Å². The lowest BCUT2D eigenvalue weighted by atomic mass is 9.95. The molecule has 0 bridgehead atoms. The molecule has 1 atom stereocenters. The third-order valence-corrected chi connectivity index (χ3v) is 3.40. The molecule has 8 heteroatoms. The minimum Gasteiger partial charge on any atom is -0.508 e. The van der Waals surface area contributed by atoms with E-state index < -0.39 is 12.0 Å². The topological polar surface area (TPSA) is 102 Å². The van der Waals surface area contributed by atoms with Gasteiger partial charge in [0.05, 0.1) is 12.2 Å². The van der Waals surface area contributed by atoms with Crippen LogP contribution in [-0.2, 0) is 9.53 Å². The van der Waals surface area contributed by atoms with Crippen LogP contribution in [0, 0.1) is 0 Å². The second-order valence-electron chi connectivity index (χ2n) is 4.83. The number of nitrogens with zero attached hydrogens (tertiary/aromatic N) is 4. The lowest BCUT2D eigenvalue weighted by molar-refractivity contribution is -0.139. The van der Waals surface area contributed by atoms with E-state index in [4.69, 9.17) is 4.74 Å². The second kappa shape index (κ2) is 5.47. The number of aromatic hydroxyl groups is 1. The summed E-state index contributed by atoms with van der Waals surface area (Å²) in [5, 5.41) is 24.2. The second-order valence-corrected chi connectivity index (χ2v) is 4.83. The molecule has 1 aliphatic heterocycles. The number of allylic oxidation sites excluding steroid dienone is 1. The van der Waals surface area contributed by atoms with E-state index in [2.05, 4.69) is 20.8 Å². The number of ether oxygens (including phenoxy) is 1. The molecule has 0 saturated heterocycles. The summed E-state index contributed by atoms with van der Waals surface area (Å²) in [6, 6.07) is 6.08. The molecule has 1 aliphatic rings. The Morgan fingerprint density at radius 2 is 2.32 bits per heavy atom. The van der Waals surface area contributed by atoms with Crippen molar-refractivity contribution in [3.05, 3.63) is 41.1 Å². The highest BCUT2D eigenvalue weighted by atomic mass is 16.5. The van der Waals surface area contributed by atoms with Crippen molar-refractivity contribution < 1.29 is 14.6 Å². The largest absolute Gasteiger partial charge is 0.508 e. The van der Waals surface area contributed by atoms with Gasteiger partial charge in [-0.2, -0.15) is 4.68 Å². The van der Waals surface area contributed by atoms with Crippen molar-refractivity contribution in [2.45, 2.75) is 19.9 Å². The molecular formula is C14H15N5O3. The lowest BCUT2D eigenvalue weighted by Gasteiger charge is -2.27. The number of benzene rings is 1. The van der Waals surface area contributed by atoms with Crippen molar-refractivity contribution in [2.24, 2.45) is 0 Å². The third kappa shape index (κ3) is 2.28. The molecule has 0 radical (unpaired) electrons. The van der Waals surface area contributed by atoms with Gasteiger partial charge in [-0.3, -0.25) is 0 Å². The molecule has 0 unspecified atom stereocenters. The van der Waals surface area contributed by atoms with Gasteiger partial charge in [-0.25, -0.2) is 4.79 Å². The molecule has 0 aliphatic carbocycles. The van der Waals surface area contributed by atoms with Crippen molar-refractivity contribution in [1.82, 2.24) is 20.2 Å². The summed E-state index contributed by atoms with van der Waals surface area (Å²) in [4.78, 5) is 12.3. The van der Waals surface area contributed by atoms with Gasteiger partial charge in [-0.05, 0) is 42.0 Å². The number of tetrazole rings is 1. The maximum absolute atomic E-state index is 12.3. The summed E-state index contributed by atoms with van der Waals surface area (Å²) in [5.74, 6) is 0.0902. The Balaban J connectivity index is 2.15. The van der Waals surface area contributed by atoms with Gasteiger partial charge in [-0.1, -0.05) is 17.2 Å². The number of hydrogen-bond acceptors (Lipinski definition) is 7. The smallest absolute Gasteiger partial charge is 0.338 e. The summed E-state index contributed by atoms with van der Waals surface area (Å²) in [5.41, 5.74) is 1.72. The Morgan fingerprint density at radius 3 is 3.05 bits per heavy atom. The molecule has 114 valence electrons. The molecule has 2 aromatic rings. The molecule has 0 saturated carbocycles. The van der Waals surface area contributed by atoms with Gasteiger partial charge in [0.15, 0.2) is 0 Å². The molecule has 1 aromatic carbocycles. The summed E-state index contributed by atoms with van der Waals surface area (Å²) in [7, 11) is 0. The van der Waals surface area contributed by atoms with E-state index >= 15 is 0 Å². The van der Waals surface area contributed by atoms with Gasteiger partial charge in [0, 0.05) is 5.70 Å². The van der Waals surface area contributed by atoms with Crippen LogP contribution in [0.5, 0.6) is 5.75 Å². The first-order chi connectivity index (χ1) is 10.6. The lowest BCUT2D eigenvalue weighted by Crippen LogP contribution is -2.29. The standard InChI is InChI=1S/C14H15N5O3/c1-3-22-13(21)11-8(2)15-14-16-17-18-19(14)12(11)9-5-4-6-10(20)7-9/h4-7,12,20H,3H2,1-2H3,(H,15,16,18)/t12-/m0/s1. The summed E-state index contributed by atoms with van der Waals surface area (Å²) < 4.78 is 6.64. The predicted molar refractivity (Wildman–Crippen MR) is 77.0 cm³/mol. The minimum absolute atomic E-state index is 0.103. The number of nitrogens with one attached hydrogen (secondary N) is 1. The van der Waals surface area contributed by atoms with Crippen LogP contribution in [0.15, 0.2) is 35.5 Å². The van der Waals surface area contributed by atoms with E-state index in [1.54, 1.807) is 38.1 Å². The van der Waals surface area contributed by atoms with Gasteiger partial charge in [0.2, 0.25) is 5.95 Å². The highest BCUT2D eigenvalue weighted by Crippen LogP contribution is 2.35. The quantitative estimate of drug-likeness (QED) is 0.822. The number of hydrogen-bond donors (Lipinski definition) is 2. The van der Waals surface area contributed by atoms with Gasteiger partial charge in [0.1, 0.15) is 11.8 Å². The zero-order valence-electron chi connectivity index (χ0n) is 12.1. The first kappa shape index (κ1) is 14.1. The van der Waals surface area contributed by atoms with Crippen LogP contribution < -0.4 is 5.32 Å². The summed E-state index contributed by atoms with van der Waals surface area (Å²) in [6.07, 6.45) is 0. The Hall–Kier alpha value is -2.90. The summed E-state index contributed by atoms with van der Waals surface area (Å²) in [6.45, 7) is 3.78. The third-order valence-electron chi connectivity index (χ3n) is 3.40. The molecule has 8 nitrogen and oxygen atoms in total. The number of aromatic nitrogens is 4. The first-order valence-electron chi connectivity index (χ1n) is 6.83. The number of phenolic OH excluding ortho intramolecular Hbond substituents is 1. The molecule has 22 heavy (non-hydrogen) atoms. The Kier molecular flexibility index (Phi) is 3.50. The van der Waals surface area contributed by atoms with Crippen molar-refractivity contribution in [2.75, 3.05) is 11.9 Å². The average molecular weight is 301 g/mol. The SMILES string of the molecule is CCOC(=O)C1=C(C)Nc2nnnn2[C@H]1c1cccc(O)c1. The number of carbonyl (C=O) groups excluding carboxylic acids is 1. The fourth-order valence-corrected chi connectivity index (χ4v) is 2.49.